The molecule has 0 spiro atoms. The summed E-state index contributed by atoms with van der Waals surface area (Å²) in [5.41, 5.74) is 1.15. The van der Waals surface area contributed by atoms with E-state index in [4.69, 9.17) is 0 Å². The predicted octanol–water partition coefficient (Wildman–Crippen LogP) is 4.82. The highest BCUT2D eigenvalue weighted by molar-refractivity contribution is 5.64. The van der Waals surface area contributed by atoms with Gasteiger partial charge in [0, 0.05) is 0 Å². The molecule has 0 bridgehead atoms. The molecule has 0 saturated heterocycles. The normalized spacial score (nSPS) is 11.6. The lowest BCUT2D eigenvalue weighted by Gasteiger charge is -2.08. The van der Waals surface area contributed by atoms with Gasteiger partial charge in [0.25, 0.3) is 0 Å². The number of benzene rings is 2. The SMILES string of the molecule is Cc1cc(F)cc(-c2ccc(C(F)(F)F)cc2)c1. The van der Waals surface area contributed by atoms with E-state index >= 15 is 0 Å². The fourth-order valence-corrected chi connectivity index (χ4v) is 1.75. The molecule has 0 radical (unpaired) electrons. The standard InChI is InChI=1S/C14H10F4/c1-9-6-11(8-13(15)7-9)10-2-4-12(5-3-10)14(16,17)18/h2-8H,1H3. The second kappa shape index (κ2) is 4.44. The Bertz CT molecular complexity index is 533. The van der Waals surface area contributed by atoms with Crippen LogP contribution in [0.15, 0.2) is 42.5 Å². The van der Waals surface area contributed by atoms with E-state index in [1.54, 1.807) is 13.0 Å². The van der Waals surface area contributed by atoms with Crippen molar-refractivity contribution in [3.8, 4) is 11.1 Å². The average molecular weight is 254 g/mol. The highest BCUT2D eigenvalue weighted by Crippen LogP contribution is 2.31. The van der Waals surface area contributed by atoms with Gasteiger partial charge in [-0.1, -0.05) is 18.2 Å². The van der Waals surface area contributed by atoms with E-state index in [1.165, 1.54) is 24.3 Å². The van der Waals surface area contributed by atoms with Gasteiger partial charge in [-0.05, 0) is 47.9 Å². The minimum absolute atomic E-state index is 0.398. The van der Waals surface area contributed by atoms with Crippen molar-refractivity contribution in [2.75, 3.05) is 0 Å². The molecule has 0 aliphatic heterocycles. The number of halogens is 4. The number of hydrogen-bond acceptors (Lipinski definition) is 0. The Balaban J connectivity index is 2.40. The zero-order valence-electron chi connectivity index (χ0n) is 9.55. The summed E-state index contributed by atoms with van der Waals surface area (Å²) in [5.74, 6) is -0.398. The third kappa shape index (κ3) is 2.70. The molecule has 2 aromatic rings. The predicted molar refractivity (Wildman–Crippen MR) is 61.6 cm³/mol. The van der Waals surface area contributed by atoms with E-state index in [9.17, 15) is 17.6 Å². The molecule has 0 aromatic heterocycles. The first-order valence-electron chi connectivity index (χ1n) is 5.31. The fourth-order valence-electron chi connectivity index (χ4n) is 1.75. The van der Waals surface area contributed by atoms with Crippen molar-refractivity contribution in [2.24, 2.45) is 0 Å². The molecule has 0 unspecified atom stereocenters. The molecule has 2 aromatic carbocycles. The van der Waals surface area contributed by atoms with Crippen molar-refractivity contribution in [1.29, 1.82) is 0 Å². The van der Waals surface area contributed by atoms with E-state index in [0.29, 0.717) is 11.1 Å². The molecule has 94 valence electrons. The molecule has 0 atom stereocenters. The van der Waals surface area contributed by atoms with Crippen LogP contribution in [0.25, 0.3) is 11.1 Å². The van der Waals surface area contributed by atoms with Gasteiger partial charge in [-0.2, -0.15) is 13.2 Å². The Hall–Kier alpha value is -1.84. The summed E-state index contributed by atoms with van der Waals surface area (Å²) in [7, 11) is 0. The second-order valence-corrected chi connectivity index (χ2v) is 4.09. The first kappa shape index (κ1) is 12.6. The molecule has 0 aliphatic rings. The van der Waals surface area contributed by atoms with Gasteiger partial charge in [0.2, 0.25) is 0 Å². The number of hydrogen-bond donors (Lipinski definition) is 0. The third-order valence-electron chi connectivity index (χ3n) is 2.59. The Morgan fingerprint density at radius 2 is 1.44 bits per heavy atom. The molecule has 0 N–H and O–H groups in total. The van der Waals surface area contributed by atoms with Crippen LogP contribution in [-0.4, -0.2) is 0 Å². The van der Waals surface area contributed by atoms with Gasteiger partial charge in [0.1, 0.15) is 5.82 Å². The number of rotatable bonds is 1. The Morgan fingerprint density at radius 3 is 1.94 bits per heavy atom. The van der Waals surface area contributed by atoms with E-state index in [0.717, 1.165) is 17.7 Å². The molecule has 0 fully saturated rings. The molecule has 0 heterocycles. The summed E-state index contributed by atoms with van der Waals surface area (Å²) < 4.78 is 50.4. The first-order chi connectivity index (χ1) is 8.36. The lowest BCUT2D eigenvalue weighted by Crippen LogP contribution is -2.04. The number of alkyl halides is 3. The van der Waals surface area contributed by atoms with Crippen LogP contribution in [0.4, 0.5) is 17.6 Å². The fraction of sp³-hybridized carbons (Fsp3) is 0.143. The Kier molecular flexibility index (Phi) is 3.11. The van der Waals surface area contributed by atoms with Crippen LogP contribution >= 0.6 is 0 Å². The van der Waals surface area contributed by atoms with Crippen molar-refractivity contribution >= 4 is 0 Å². The molecule has 0 nitrogen and oxygen atoms in total. The van der Waals surface area contributed by atoms with Gasteiger partial charge in [0.05, 0.1) is 5.56 Å². The van der Waals surface area contributed by atoms with Crippen LogP contribution in [0, 0.1) is 12.7 Å². The van der Waals surface area contributed by atoms with Crippen molar-refractivity contribution in [3.63, 3.8) is 0 Å². The largest absolute Gasteiger partial charge is 0.416 e. The molecule has 2 rings (SSSR count). The minimum Gasteiger partial charge on any atom is -0.207 e. The van der Waals surface area contributed by atoms with Crippen molar-refractivity contribution in [2.45, 2.75) is 13.1 Å². The molecular formula is C14H10F4. The van der Waals surface area contributed by atoms with Gasteiger partial charge < -0.3 is 0 Å². The zero-order valence-corrected chi connectivity index (χ0v) is 9.55. The van der Waals surface area contributed by atoms with Gasteiger partial charge in [-0.25, -0.2) is 4.39 Å². The maximum Gasteiger partial charge on any atom is 0.416 e. The molecule has 0 saturated carbocycles. The van der Waals surface area contributed by atoms with Crippen LogP contribution in [0.3, 0.4) is 0 Å². The average Bonchev–Trinajstić information content (AvgIpc) is 2.27. The summed E-state index contributed by atoms with van der Waals surface area (Å²) in [5, 5.41) is 0. The van der Waals surface area contributed by atoms with Crippen LogP contribution < -0.4 is 0 Å². The second-order valence-electron chi connectivity index (χ2n) is 4.09. The van der Waals surface area contributed by atoms with Gasteiger partial charge >= 0.3 is 6.18 Å². The molecule has 18 heavy (non-hydrogen) atoms. The first-order valence-corrected chi connectivity index (χ1v) is 5.31. The maximum atomic E-state index is 13.2. The molecule has 4 heteroatoms. The Labute approximate surface area is 102 Å². The van der Waals surface area contributed by atoms with Crippen LogP contribution in [-0.2, 0) is 6.18 Å². The monoisotopic (exact) mass is 254 g/mol. The van der Waals surface area contributed by atoms with Gasteiger partial charge in [0.15, 0.2) is 0 Å². The van der Waals surface area contributed by atoms with Crippen LogP contribution in [0.1, 0.15) is 11.1 Å². The minimum atomic E-state index is -4.35. The number of aryl methyl sites for hydroxylation is 1. The topological polar surface area (TPSA) is 0 Å². The van der Waals surface area contributed by atoms with E-state index in [-0.39, 0.29) is 0 Å². The smallest absolute Gasteiger partial charge is 0.207 e. The van der Waals surface area contributed by atoms with E-state index in [1.807, 2.05) is 0 Å². The summed E-state index contributed by atoms with van der Waals surface area (Å²) in [6.45, 7) is 1.73. The van der Waals surface area contributed by atoms with Gasteiger partial charge in [-0.3, -0.25) is 0 Å². The van der Waals surface area contributed by atoms with Crippen molar-refractivity contribution in [1.82, 2.24) is 0 Å². The van der Waals surface area contributed by atoms with Crippen LogP contribution in [0.2, 0.25) is 0 Å². The highest BCUT2D eigenvalue weighted by Gasteiger charge is 2.29. The quantitative estimate of drug-likeness (QED) is 0.640. The Morgan fingerprint density at radius 1 is 0.833 bits per heavy atom. The maximum absolute atomic E-state index is 13.2. The third-order valence-corrected chi connectivity index (χ3v) is 2.59. The highest BCUT2D eigenvalue weighted by atomic mass is 19.4. The molecule has 0 aliphatic carbocycles. The zero-order chi connectivity index (χ0) is 13.3. The van der Waals surface area contributed by atoms with Crippen molar-refractivity contribution < 1.29 is 17.6 Å². The summed E-state index contributed by atoms with van der Waals surface area (Å²) in [4.78, 5) is 0. The lowest BCUT2D eigenvalue weighted by atomic mass is 10.0. The van der Waals surface area contributed by atoms with E-state index in [2.05, 4.69) is 0 Å². The van der Waals surface area contributed by atoms with Crippen molar-refractivity contribution in [3.05, 3.63) is 59.4 Å². The summed E-state index contributed by atoms with van der Waals surface area (Å²) in [6, 6.07) is 9.08. The molecule has 0 amide bonds. The van der Waals surface area contributed by atoms with E-state index < -0.39 is 17.6 Å². The summed E-state index contributed by atoms with van der Waals surface area (Å²) >= 11 is 0. The van der Waals surface area contributed by atoms with Gasteiger partial charge in [-0.15, -0.1) is 0 Å². The van der Waals surface area contributed by atoms with Crippen LogP contribution in [0.5, 0.6) is 0 Å². The molecular weight excluding hydrogens is 244 g/mol. The summed E-state index contributed by atoms with van der Waals surface area (Å²) in [6.07, 6.45) is -4.35. The lowest BCUT2D eigenvalue weighted by molar-refractivity contribution is -0.137.